The van der Waals surface area contributed by atoms with E-state index < -0.39 is 23.1 Å². The fourth-order valence-corrected chi connectivity index (χ4v) is 5.53. The monoisotopic (exact) mass is 463 g/mol. The smallest absolute Gasteiger partial charge is 0.306 e. The minimum atomic E-state index is -1.62. The maximum atomic E-state index is 14.9. The lowest BCUT2D eigenvalue weighted by Gasteiger charge is -2.43. The molecule has 33 heavy (non-hydrogen) atoms. The van der Waals surface area contributed by atoms with Crippen molar-refractivity contribution < 1.29 is 28.6 Å². The van der Waals surface area contributed by atoms with Crippen molar-refractivity contribution in [2.45, 2.75) is 87.7 Å². The minimum Gasteiger partial charge on any atom is -0.481 e. The number of hydrogen-bond acceptors (Lipinski definition) is 6. The highest BCUT2D eigenvalue weighted by Crippen LogP contribution is 2.48. The summed E-state index contributed by atoms with van der Waals surface area (Å²) >= 11 is 0. The maximum Gasteiger partial charge on any atom is 0.306 e. The molecule has 1 saturated heterocycles. The summed E-state index contributed by atoms with van der Waals surface area (Å²) < 4.78 is 22.1. The Bertz CT molecular complexity index is 949. The quantitative estimate of drug-likeness (QED) is 0.525. The van der Waals surface area contributed by atoms with Crippen molar-refractivity contribution >= 4 is 17.8 Å². The SMILES string of the molecule is O=C(NC1(C(=O)NCc2cn(C[C@@]3(F)CC[C@@H](C(=O)O)C3)nn2)CC1)C1CC2(CCCO2)C1. The lowest BCUT2D eigenvalue weighted by Crippen LogP contribution is -2.55. The summed E-state index contributed by atoms with van der Waals surface area (Å²) in [6, 6.07) is 0. The number of carbonyl (C=O) groups excluding carboxylic acids is 2. The minimum absolute atomic E-state index is 0.0370. The normalized spacial score (nSPS) is 34.1. The zero-order chi connectivity index (χ0) is 23.3. The van der Waals surface area contributed by atoms with Gasteiger partial charge in [-0.15, -0.1) is 5.10 Å². The fraction of sp³-hybridized carbons (Fsp3) is 0.773. The molecule has 10 nitrogen and oxygen atoms in total. The summed E-state index contributed by atoms with van der Waals surface area (Å²) in [5.41, 5.74) is -2.12. The van der Waals surface area contributed by atoms with E-state index in [0.717, 1.165) is 32.3 Å². The van der Waals surface area contributed by atoms with Gasteiger partial charge >= 0.3 is 5.97 Å². The molecule has 1 aromatic heterocycles. The highest BCUT2D eigenvalue weighted by Gasteiger charge is 2.55. The molecule has 0 radical (unpaired) electrons. The van der Waals surface area contributed by atoms with E-state index in [0.29, 0.717) is 25.0 Å². The van der Waals surface area contributed by atoms with Gasteiger partial charge in [0.05, 0.1) is 30.8 Å². The Morgan fingerprint density at radius 1 is 1.18 bits per heavy atom. The Morgan fingerprint density at radius 3 is 2.61 bits per heavy atom. The average molecular weight is 464 g/mol. The number of carboxylic acid groups (broad SMARTS) is 1. The van der Waals surface area contributed by atoms with Crippen LogP contribution in [-0.2, 0) is 32.2 Å². The average Bonchev–Trinajstić information content (AvgIpc) is 3.12. The number of carbonyl (C=O) groups is 3. The van der Waals surface area contributed by atoms with Gasteiger partial charge < -0.3 is 20.5 Å². The van der Waals surface area contributed by atoms with E-state index in [2.05, 4.69) is 20.9 Å². The summed E-state index contributed by atoms with van der Waals surface area (Å²) in [5.74, 6) is -2.07. The van der Waals surface area contributed by atoms with Gasteiger partial charge in [0.25, 0.3) is 0 Å². The molecule has 1 aromatic rings. The van der Waals surface area contributed by atoms with E-state index in [1.807, 2.05) is 0 Å². The van der Waals surface area contributed by atoms with Crippen molar-refractivity contribution in [2.24, 2.45) is 11.8 Å². The number of ether oxygens (including phenoxy) is 1. The van der Waals surface area contributed by atoms with Crippen molar-refractivity contribution in [2.75, 3.05) is 6.61 Å². The molecular weight excluding hydrogens is 433 g/mol. The van der Waals surface area contributed by atoms with Crippen LogP contribution < -0.4 is 10.6 Å². The number of aliphatic carboxylic acids is 1. The second-order valence-corrected chi connectivity index (χ2v) is 10.3. The molecule has 0 aromatic carbocycles. The molecule has 5 rings (SSSR count). The fourth-order valence-electron chi connectivity index (χ4n) is 5.53. The topological polar surface area (TPSA) is 135 Å². The second-order valence-electron chi connectivity index (χ2n) is 10.3. The van der Waals surface area contributed by atoms with Crippen LogP contribution in [0.4, 0.5) is 4.39 Å². The first-order chi connectivity index (χ1) is 15.7. The van der Waals surface area contributed by atoms with Crippen LogP contribution in [0.5, 0.6) is 0 Å². The molecule has 180 valence electrons. The molecule has 2 amide bonds. The van der Waals surface area contributed by atoms with Crippen LogP contribution in [0.25, 0.3) is 0 Å². The molecule has 11 heteroatoms. The molecule has 0 unspecified atom stereocenters. The molecule has 2 atom stereocenters. The number of halogens is 1. The van der Waals surface area contributed by atoms with Crippen LogP contribution in [0.1, 0.15) is 63.5 Å². The predicted molar refractivity (Wildman–Crippen MR) is 111 cm³/mol. The summed E-state index contributed by atoms with van der Waals surface area (Å²) in [6.07, 6.45) is 6.70. The van der Waals surface area contributed by atoms with Crippen molar-refractivity contribution in [3.05, 3.63) is 11.9 Å². The second kappa shape index (κ2) is 8.03. The highest BCUT2D eigenvalue weighted by atomic mass is 19.1. The lowest BCUT2D eigenvalue weighted by atomic mass is 9.69. The number of alkyl halides is 1. The zero-order valence-electron chi connectivity index (χ0n) is 18.5. The van der Waals surface area contributed by atoms with E-state index in [1.54, 1.807) is 6.20 Å². The van der Waals surface area contributed by atoms with Crippen LogP contribution in [0.2, 0.25) is 0 Å². The molecular formula is C22H30FN5O5. The summed E-state index contributed by atoms with van der Waals surface area (Å²) in [6.45, 7) is 0.818. The van der Waals surface area contributed by atoms with Gasteiger partial charge in [-0.3, -0.25) is 14.4 Å². The number of nitrogens with one attached hydrogen (secondary N) is 2. The standard InChI is InChI=1S/C22H30FN5O5/c23-20(4-2-14(8-20)18(30)31)13-28-12-16(26-27-28)11-24-19(32)22(5-6-22)25-17(29)15-9-21(10-15)3-1-7-33-21/h12,14-15H,1-11,13H2,(H,24,32)(H,25,29)(H,30,31)/t14-,15?,20-,21?/m1/s1. The Morgan fingerprint density at radius 2 is 1.97 bits per heavy atom. The number of rotatable bonds is 8. The van der Waals surface area contributed by atoms with E-state index in [-0.39, 0.29) is 49.3 Å². The third-order valence-corrected chi connectivity index (χ3v) is 7.70. The third kappa shape index (κ3) is 4.47. The molecule has 4 fully saturated rings. The Balaban J connectivity index is 1.09. The molecule has 3 aliphatic carbocycles. The van der Waals surface area contributed by atoms with Crippen LogP contribution in [0, 0.1) is 11.8 Å². The summed E-state index contributed by atoms with van der Waals surface area (Å²) in [4.78, 5) is 36.4. The zero-order valence-corrected chi connectivity index (χ0v) is 18.5. The van der Waals surface area contributed by atoms with Gasteiger partial charge in [0.2, 0.25) is 11.8 Å². The number of hydrogen-bond donors (Lipinski definition) is 3. The van der Waals surface area contributed by atoms with E-state index in [4.69, 9.17) is 9.84 Å². The van der Waals surface area contributed by atoms with Crippen LogP contribution in [0.15, 0.2) is 6.20 Å². The first-order valence-electron chi connectivity index (χ1n) is 11.8. The third-order valence-electron chi connectivity index (χ3n) is 7.70. The predicted octanol–water partition coefficient (Wildman–Crippen LogP) is 1.10. The van der Waals surface area contributed by atoms with E-state index >= 15 is 0 Å². The van der Waals surface area contributed by atoms with Gasteiger partial charge in [0, 0.05) is 12.5 Å². The maximum absolute atomic E-state index is 14.9. The lowest BCUT2D eigenvalue weighted by molar-refractivity contribution is -0.146. The largest absolute Gasteiger partial charge is 0.481 e. The van der Waals surface area contributed by atoms with Gasteiger partial charge in [0.1, 0.15) is 16.9 Å². The van der Waals surface area contributed by atoms with Crippen molar-refractivity contribution in [1.82, 2.24) is 25.6 Å². The number of aromatic nitrogens is 3. The molecule has 2 heterocycles. The van der Waals surface area contributed by atoms with Gasteiger partial charge in [-0.2, -0.15) is 0 Å². The van der Waals surface area contributed by atoms with Gasteiger partial charge in [-0.1, -0.05) is 5.21 Å². The summed E-state index contributed by atoms with van der Waals surface area (Å²) in [7, 11) is 0. The Hall–Kier alpha value is -2.56. The van der Waals surface area contributed by atoms with Crippen LogP contribution in [-0.4, -0.2) is 61.3 Å². The first-order valence-corrected chi connectivity index (χ1v) is 11.8. The van der Waals surface area contributed by atoms with Gasteiger partial charge in [-0.05, 0) is 57.8 Å². The van der Waals surface area contributed by atoms with E-state index in [1.165, 1.54) is 4.68 Å². The molecule has 3 saturated carbocycles. The molecule has 0 bridgehead atoms. The van der Waals surface area contributed by atoms with Gasteiger partial charge in [-0.25, -0.2) is 9.07 Å². The molecule has 1 aliphatic heterocycles. The van der Waals surface area contributed by atoms with Crippen molar-refractivity contribution in [3.8, 4) is 0 Å². The molecule has 3 N–H and O–H groups in total. The van der Waals surface area contributed by atoms with Crippen molar-refractivity contribution in [3.63, 3.8) is 0 Å². The molecule has 1 spiro atoms. The highest BCUT2D eigenvalue weighted by molar-refractivity contribution is 5.94. The van der Waals surface area contributed by atoms with Crippen LogP contribution in [0.3, 0.4) is 0 Å². The number of nitrogens with zero attached hydrogens (tertiary/aromatic N) is 3. The van der Waals surface area contributed by atoms with Crippen molar-refractivity contribution in [1.29, 1.82) is 0 Å². The van der Waals surface area contributed by atoms with Crippen LogP contribution >= 0.6 is 0 Å². The van der Waals surface area contributed by atoms with Gasteiger partial charge in [0.15, 0.2) is 0 Å². The first kappa shape index (κ1) is 22.2. The number of amides is 2. The van der Waals surface area contributed by atoms with E-state index in [9.17, 15) is 18.8 Å². The summed E-state index contributed by atoms with van der Waals surface area (Å²) in [5, 5.41) is 22.7. The Labute approximate surface area is 190 Å². The molecule has 4 aliphatic rings. The number of carboxylic acids is 1. The Kier molecular flexibility index (Phi) is 5.42.